The van der Waals surface area contributed by atoms with E-state index in [2.05, 4.69) is 21.5 Å². The highest BCUT2D eigenvalue weighted by Crippen LogP contribution is 2.17. The molecule has 1 heterocycles. The summed E-state index contributed by atoms with van der Waals surface area (Å²) in [6.45, 7) is 0.405. The molecule has 0 fully saturated rings. The van der Waals surface area contributed by atoms with E-state index in [1.807, 2.05) is 0 Å². The zero-order valence-corrected chi connectivity index (χ0v) is 8.03. The molecule has 0 aliphatic carbocycles. The van der Waals surface area contributed by atoms with Crippen LogP contribution in [0, 0.1) is 12.3 Å². The van der Waals surface area contributed by atoms with Gasteiger partial charge in [0.2, 0.25) is 5.91 Å². The van der Waals surface area contributed by atoms with E-state index < -0.39 is 0 Å². The van der Waals surface area contributed by atoms with E-state index in [0.717, 1.165) is 0 Å². The van der Waals surface area contributed by atoms with Gasteiger partial charge in [-0.2, -0.15) is 0 Å². The molecule has 0 bridgehead atoms. The first-order valence-corrected chi connectivity index (χ1v) is 4.32. The van der Waals surface area contributed by atoms with Gasteiger partial charge in [-0.15, -0.1) is 6.42 Å². The molecule has 5 nitrogen and oxygen atoms in total. The average Bonchev–Trinajstić information content (AvgIpc) is 2.22. The van der Waals surface area contributed by atoms with Crippen molar-refractivity contribution in [2.75, 3.05) is 18.4 Å². The summed E-state index contributed by atoms with van der Waals surface area (Å²) in [6.07, 6.45) is 6.47. The van der Waals surface area contributed by atoms with Crippen molar-refractivity contribution in [2.24, 2.45) is 0 Å². The third-order valence-corrected chi connectivity index (χ3v) is 1.56. The number of amides is 1. The summed E-state index contributed by atoms with van der Waals surface area (Å²) in [6, 6.07) is 3.01. The van der Waals surface area contributed by atoms with Crippen LogP contribution >= 0.6 is 0 Å². The number of nitrogens with zero attached hydrogens (tertiary/aromatic N) is 1. The molecule has 0 saturated carbocycles. The maximum atomic E-state index is 11.2. The quantitative estimate of drug-likeness (QED) is 0.476. The number of rotatable bonds is 4. The van der Waals surface area contributed by atoms with Crippen molar-refractivity contribution in [3.05, 3.63) is 18.3 Å². The van der Waals surface area contributed by atoms with Crippen LogP contribution in [0.1, 0.15) is 0 Å². The van der Waals surface area contributed by atoms with Crippen LogP contribution in [0.25, 0.3) is 0 Å². The molecule has 1 amide bonds. The van der Waals surface area contributed by atoms with E-state index in [1.165, 1.54) is 12.3 Å². The Morgan fingerprint density at radius 2 is 2.47 bits per heavy atom. The van der Waals surface area contributed by atoms with Gasteiger partial charge in [0, 0.05) is 6.20 Å². The van der Waals surface area contributed by atoms with Crippen molar-refractivity contribution < 1.29 is 9.90 Å². The Bertz CT molecular complexity index is 384. The molecule has 0 unspecified atom stereocenters. The van der Waals surface area contributed by atoms with Gasteiger partial charge < -0.3 is 10.4 Å². The fourth-order valence-electron chi connectivity index (χ4n) is 0.918. The molecule has 0 radical (unpaired) electrons. The first-order valence-electron chi connectivity index (χ1n) is 4.32. The topological polar surface area (TPSA) is 74.2 Å². The fraction of sp³-hybridized carbons (Fsp3) is 0.200. The van der Waals surface area contributed by atoms with Crippen LogP contribution < -0.4 is 10.6 Å². The Morgan fingerprint density at radius 3 is 3.13 bits per heavy atom. The summed E-state index contributed by atoms with van der Waals surface area (Å²) >= 11 is 0. The van der Waals surface area contributed by atoms with Gasteiger partial charge in [-0.1, -0.05) is 5.92 Å². The van der Waals surface area contributed by atoms with E-state index in [1.54, 1.807) is 6.07 Å². The lowest BCUT2D eigenvalue weighted by Gasteiger charge is -2.05. The Balaban J connectivity index is 2.45. The van der Waals surface area contributed by atoms with Gasteiger partial charge in [0.1, 0.15) is 0 Å². The van der Waals surface area contributed by atoms with Crippen LogP contribution in [0.3, 0.4) is 0 Å². The molecule has 0 spiro atoms. The average molecular weight is 205 g/mol. The highest BCUT2D eigenvalue weighted by atomic mass is 16.3. The van der Waals surface area contributed by atoms with E-state index >= 15 is 0 Å². The minimum Gasteiger partial charge on any atom is -0.504 e. The van der Waals surface area contributed by atoms with Crippen molar-refractivity contribution in [1.29, 1.82) is 0 Å². The molecule has 78 valence electrons. The van der Waals surface area contributed by atoms with Gasteiger partial charge >= 0.3 is 0 Å². The van der Waals surface area contributed by atoms with E-state index in [0.29, 0.717) is 6.54 Å². The van der Waals surface area contributed by atoms with Gasteiger partial charge in [-0.25, -0.2) is 4.98 Å². The maximum Gasteiger partial charge on any atom is 0.239 e. The summed E-state index contributed by atoms with van der Waals surface area (Å²) < 4.78 is 0. The van der Waals surface area contributed by atoms with E-state index in [4.69, 9.17) is 6.42 Å². The second-order valence-corrected chi connectivity index (χ2v) is 2.73. The van der Waals surface area contributed by atoms with E-state index in [9.17, 15) is 9.90 Å². The highest BCUT2D eigenvalue weighted by Gasteiger charge is 2.05. The van der Waals surface area contributed by atoms with Gasteiger partial charge in [-0.3, -0.25) is 10.1 Å². The summed E-state index contributed by atoms with van der Waals surface area (Å²) in [5.74, 6) is 2.11. The first kappa shape index (κ1) is 11.0. The number of hydrogen-bond donors (Lipinski definition) is 3. The third-order valence-electron chi connectivity index (χ3n) is 1.56. The molecular formula is C10H11N3O2. The van der Waals surface area contributed by atoms with E-state index in [-0.39, 0.29) is 24.0 Å². The molecule has 3 N–H and O–H groups in total. The Labute approximate surface area is 87.5 Å². The van der Waals surface area contributed by atoms with Crippen molar-refractivity contribution >= 4 is 11.7 Å². The second kappa shape index (κ2) is 5.62. The van der Waals surface area contributed by atoms with Gasteiger partial charge in [0.15, 0.2) is 11.6 Å². The van der Waals surface area contributed by atoms with Crippen molar-refractivity contribution in [2.45, 2.75) is 0 Å². The summed E-state index contributed by atoms with van der Waals surface area (Å²) in [5.41, 5.74) is 0. The number of terminal acetylenes is 1. The molecule has 1 aromatic rings. The zero-order valence-electron chi connectivity index (χ0n) is 8.03. The normalized spacial score (nSPS) is 9.27. The van der Waals surface area contributed by atoms with Crippen molar-refractivity contribution in [3.63, 3.8) is 0 Å². The van der Waals surface area contributed by atoms with Crippen LogP contribution in [-0.2, 0) is 4.79 Å². The first-order chi connectivity index (χ1) is 7.24. The summed E-state index contributed by atoms with van der Waals surface area (Å²) in [5, 5.41) is 14.5. The fourth-order valence-corrected chi connectivity index (χ4v) is 0.918. The van der Waals surface area contributed by atoms with Crippen molar-refractivity contribution in [3.8, 4) is 18.1 Å². The molecular weight excluding hydrogens is 194 g/mol. The van der Waals surface area contributed by atoms with Crippen molar-refractivity contribution in [1.82, 2.24) is 10.3 Å². The molecule has 15 heavy (non-hydrogen) atoms. The molecule has 0 atom stereocenters. The number of carbonyl (C=O) groups is 1. The Morgan fingerprint density at radius 1 is 1.67 bits per heavy atom. The lowest BCUT2D eigenvalue weighted by Crippen LogP contribution is -2.28. The number of pyridine rings is 1. The van der Waals surface area contributed by atoms with Crippen LogP contribution in [0.15, 0.2) is 18.3 Å². The Kier molecular flexibility index (Phi) is 4.13. The maximum absolute atomic E-state index is 11.2. The largest absolute Gasteiger partial charge is 0.504 e. The third kappa shape index (κ3) is 3.67. The second-order valence-electron chi connectivity index (χ2n) is 2.73. The number of anilines is 1. The SMILES string of the molecule is C#CCNCC(=O)Nc1ncccc1O. The molecule has 0 aromatic carbocycles. The minimum atomic E-state index is -0.306. The molecule has 0 aliphatic rings. The number of carbonyl (C=O) groups excluding carboxylic acids is 1. The Hall–Kier alpha value is -2.06. The van der Waals surface area contributed by atoms with Gasteiger partial charge in [0.05, 0.1) is 13.1 Å². The predicted octanol–water partition coefficient (Wildman–Crippen LogP) is -0.0515. The molecule has 5 heteroatoms. The molecule has 1 aromatic heterocycles. The van der Waals surface area contributed by atoms with Crippen LogP contribution in [-0.4, -0.2) is 29.1 Å². The molecule has 0 aliphatic heterocycles. The lowest BCUT2D eigenvalue weighted by molar-refractivity contribution is -0.115. The standard InChI is InChI=1S/C10H11N3O2/c1-2-5-11-7-9(15)13-10-8(14)4-3-6-12-10/h1,3-4,6,11,14H,5,7H2,(H,12,13,15). The minimum absolute atomic E-state index is 0.0669. The zero-order chi connectivity index (χ0) is 11.1. The molecule has 1 rings (SSSR count). The number of nitrogens with one attached hydrogen (secondary N) is 2. The number of hydrogen-bond acceptors (Lipinski definition) is 4. The summed E-state index contributed by atoms with van der Waals surface area (Å²) in [4.78, 5) is 15.0. The summed E-state index contributed by atoms with van der Waals surface area (Å²) in [7, 11) is 0. The monoisotopic (exact) mass is 205 g/mol. The highest BCUT2D eigenvalue weighted by molar-refractivity contribution is 5.92. The molecule has 0 saturated heterocycles. The van der Waals surface area contributed by atoms with Gasteiger partial charge in [-0.05, 0) is 12.1 Å². The number of aromatic hydroxyl groups is 1. The van der Waals surface area contributed by atoms with Crippen LogP contribution in [0.2, 0.25) is 0 Å². The smallest absolute Gasteiger partial charge is 0.239 e. The predicted molar refractivity (Wildman–Crippen MR) is 56.2 cm³/mol. The van der Waals surface area contributed by atoms with Crippen LogP contribution in [0.4, 0.5) is 5.82 Å². The van der Waals surface area contributed by atoms with Gasteiger partial charge in [0.25, 0.3) is 0 Å². The van der Waals surface area contributed by atoms with Crippen LogP contribution in [0.5, 0.6) is 5.75 Å². The number of aromatic nitrogens is 1. The lowest BCUT2D eigenvalue weighted by atomic mass is 10.4.